The monoisotopic (exact) mass is 486 g/mol. The van der Waals surface area contributed by atoms with Crippen molar-refractivity contribution in [1.82, 2.24) is 9.88 Å². The largest absolute Gasteiger partial charge is 0.457 e. The van der Waals surface area contributed by atoms with E-state index in [2.05, 4.69) is 76.7 Å². The third kappa shape index (κ3) is 5.44. The summed E-state index contributed by atoms with van der Waals surface area (Å²) in [5.74, 6) is 1.56. The van der Waals surface area contributed by atoms with Crippen LogP contribution in [0.1, 0.15) is 41.9 Å². The van der Waals surface area contributed by atoms with Crippen molar-refractivity contribution in [3.05, 3.63) is 132 Å². The second-order valence-corrected chi connectivity index (χ2v) is 9.80. The van der Waals surface area contributed by atoms with Gasteiger partial charge in [-0.05, 0) is 59.9 Å². The fraction of sp³-hybridized carbons (Fsp3) is 0.182. The highest BCUT2D eigenvalue weighted by Gasteiger charge is 2.27. The van der Waals surface area contributed by atoms with Gasteiger partial charge in [-0.1, -0.05) is 78.9 Å². The van der Waals surface area contributed by atoms with Crippen molar-refractivity contribution >= 4 is 16.8 Å². The number of nitrogens with zero attached hydrogens (tertiary/aromatic N) is 1. The predicted molar refractivity (Wildman–Crippen MR) is 148 cm³/mol. The van der Waals surface area contributed by atoms with E-state index >= 15 is 0 Å². The molecular formula is C33H30N2O2. The lowest BCUT2D eigenvalue weighted by Crippen LogP contribution is -2.27. The van der Waals surface area contributed by atoms with Crippen LogP contribution >= 0.6 is 0 Å². The molecule has 1 amide bonds. The fourth-order valence-electron chi connectivity index (χ4n) is 4.99. The number of aromatic nitrogens is 1. The zero-order valence-corrected chi connectivity index (χ0v) is 20.7. The van der Waals surface area contributed by atoms with Crippen molar-refractivity contribution in [3.63, 3.8) is 0 Å². The number of carbonyl (C=O) groups excluding carboxylic acids is 1. The van der Waals surface area contributed by atoms with Gasteiger partial charge in [-0.2, -0.15) is 0 Å². The average molecular weight is 487 g/mol. The van der Waals surface area contributed by atoms with E-state index in [1.807, 2.05) is 48.5 Å². The molecule has 0 aliphatic heterocycles. The van der Waals surface area contributed by atoms with Crippen LogP contribution in [0.4, 0.5) is 0 Å². The molecule has 0 spiro atoms. The van der Waals surface area contributed by atoms with E-state index < -0.39 is 0 Å². The number of para-hydroxylation sites is 2. The molecule has 4 aromatic carbocycles. The second-order valence-electron chi connectivity index (χ2n) is 9.80. The Bertz CT molecular complexity index is 1500. The highest BCUT2D eigenvalue weighted by Crippen LogP contribution is 2.37. The summed E-state index contributed by atoms with van der Waals surface area (Å²) >= 11 is 0. The van der Waals surface area contributed by atoms with Gasteiger partial charge in [0.25, 0.3) is 0 Å². The van der Waals surface area contributed by atoms with Crippen molar-refractivity contribution in [3.8, 4) is 11.5 Å². The molecular weight excluding hydrogens is 456 g/mol. The molecule has 1 atom stereocenters. The van der Waals surface area contributed by atoms with Crippen LogP contribution in [0.3, 0.4) is 0 Å². The molecule has 1 saturated carbocycles. The Morgan fingerprint density at radius 2 is 1.54 bits per heavy atom. The van der Waals surface area contributed by atoms with Gasteiger partial charge in [-0.3, -0.25) is 4.79 Å². The van der Waals surface area contributed by atoms with Gasteiger partial charge >= 0.3 is 0 Å². The van der Waals surface area contributed by atoms with Gasteiger partial charge in [0, 0.05) is 42.0 Å². The number of hydrogen-bond acceptors (Lipinski definition) is 2. The summed E-state index contributed by atoms with van der Waals surface area (Å²) < 4.78 is 8.45. The number of benzene rings is 4. The lowest BCUT2D eigenvalue weighted by Gasteiger charge is -2.18. The van der Waals surface area contributed by atoms with E-state index in [1.165, 1.54) is 16.5 Å². The van der Waals surface area contributed by atoms with Crippen LogP contribution in [0.2, 0.25) is 0 Å². The highest BCUT2D eigenvalue weighted by molar-refractivity contribution is 5.87. The number of carbonyl (C=O) groups is 1. The standard InChI is InChI=1S/C33H30N2O2/c36-33(34-26-18-19-26)21-30(25-12-9-15-28(20-25)37-27-13-5-2-6-14-27)31-23-35(22-24-10-3-1-4-11-24)32-17-8-7-16-29(31)32/h1-17,20,23,26,30H,18-19,21-22H2,(H,34,36). The van der Waals surface area contributed by atoms with Crippen molar-refractivity contribution in [2.45, 2.75) is 37.8 Å². The molecule has 1 heterocycles. The molecule has 1 unspecified atom stereocenters. The zero-order valence-electron chi connectivity index (χ0n) is 20.7. The van der Waals surface area contributed by atoms with E-state index in [1.54, 1.807) is 0 Å². The van der Waals surface area contributed by atoms with Crippen molar-refractivity contribution < 1.29 is 9.53 Å². The minimum absolute atomic E-state index is 0.0972. The molecule has 0 saturated heterocycles. The average Bonchev–Trinajstić information content (AvgIpc) is 3.68. The Hall–Kier alpha value is -4.31. The summed E-state index contributed by atoms with van der Waals surface area (Å²) in [4.78, 5) is 13.1. The van der Waals surface area contributed by atoms with Crippen molar-refractivity contribution in [2.24, 2.45) is 0 Å². The molecule has 1 aromatic heterocycles. The predicted octanol–water partition coefficient (Wildman–Crippen LogP) is 7.28. The SMILES string of the molecule is O=C(CC(c1cccc(Oc2ccccc2)c1)c1cn(Cc2ccccc2)c2ccccc12)NC1CC1. The molecule has 1 N–H and O–H groups in total. The molecule has 0 radical (unpaired) electrons. The molecule has 184 valence electrons. The Labute approximate surface area is 217 Å². The summed E-state index contributed by atoms with van der Waals surface area (Å²) in [6.45, 7) is 0.777. The number of ether oxygens (including phenoxy) is 1. The lowest BCUT2D eigenvalue weighted by molar-refractivity contribution is -0.121. The molecule has 1 aliphatic rings. The van der Waals surface area contributed by atoms with Crippen molar-refractivity contribution in [1.29, 1.82) is 0 Å². The van der Waals surface area contributed by atoms with E-state index in [0.717, 1.165) is 42.0 Å². The van der Waals surface area contributed by atoms with Gasteiger partial charge in [0.05, 0.1) is 0 Å². The number of amides is 1. The van der Waals surface area contributed by atoms with Gasteiger partial charge in [0.1, 0.15) is 11.5 Å². The van der Waals surface area contributed by atoms with Crippen molar-refractivity contribution in [2.75, 3.05) is 0 Å². The van der Waals surface area contributed by atoms with Gasteiger partial charge in [-0.25, -0.2) is 0 Å². The topological polar surface area (TPSA) is 43.3 Å². The van der Waals surface area contributed by atoms with Gasteiger partial charge in [0.2, 0.25) is 5.91 Å². The summed E-state index contributed by atoms with van der Waals surface area (Å²) in [5, 5.41) is 4.37. The Balaban J connectivity index is 1.39. The van der Waals surface area contributed by atoms with Crippen LogP contribution in [-0.2, 0) is 11.3 Å². The summed E-state index contributed by atoms with van der Waals surface area (Å²) in [5.41, 5.74) is 4.65. The number of hydrogen-bond donors (Lipinski definition) is 1. The summed E-state index contributed by atoms with van der Waals surface area (Å²) in [7, 11) is 0. The Kier molecular flexibility index (Phi) is 6.47. The van der Waals surface area contributed by atoms with Crippen LogP contribution in [0.25, 0.3) is 10.9 Å². The lowest BCUT2D eigenvalue weighted by atomic mass is 9.88. The number of nitrogens with one attached hydrogen (secondary N) is 1. The maximum absolute atomic E-state index is 13.1. The van der Waals surface area contributed by atoms with E-state index in [4.69, 9.17) is 4.74 Å². The molecule has 1 fully saturated rings. The number of rotatable bonds is 9. The Morgan fingerprint density at radius 3 is 2.32 bits per heavy atom. The Morgan fingerprint density at radius 1 is 0.838 bits per heavy atom. The third-order valence-corrected chi connectivity index (χ3v) is 6.96. The van der Waals surface area contributed by atoms with Crippen LogP contribution < -0.4 is 10.1 Å². The third-order valence-electron chi connectivity index (χ3n) is 6.96. The first-order valence-electron chi connectivity index (χ1n) is 13.0. The first-order valence-corrected chi connectivity index (χ1v) is 13.0. The van der Waals surface area contributed by atoms with Gasteiger partial charge in [-0.15, -0.1) is 0 Å². The van der Waals surface area contributed by atoms with Gasteiger partial charge in [0.15, 0.2) is 0 Å². The quantitative estimate of drug-likeness (QED) is 0.238. The zero-order chi connectivity index (χ0) is 25.0. The first-order chi connectivity index (χ1) is 18.2. The number of fused-ring (bicyclic) bond motifs is 1. The van der Waals surface area contributed by atoms with E-state index in [0.29, 0.717) is 12.5 Å². The van der Waals surface area contributed by atoms with Crippen LogP contribution in [0, 0.1) is 0 Å². The molecule has 4 heteroatoms. The van der Waals surface area contributed by atoms with E-state index in [-0.39, 0.29) is 11.8 Å². The molecule has 37 heavy (non-hydrogen) atoms. The van der Waals surface area contributed by atoms with E-state index in [9.17, 15) is 4.79 Å². The highest BCUT2D eigenvalue weighted by atomic mass is 16.5. The molecule has 5 aromatic rings. The smallest absolute Gasteiger partial charge is 0.221 e. The normalized spacial score (nSPS) is 13.8. The van der Waals surface area contributed by atoms with Crippen LogP contribution in [-0.4, -0.2) is 16.5 Å². The minimum Gasteiger partial charge on any atom is -0.457 e. The summed E-state index contributed by atoms with van der Waals surface area (Å²) in [6, 6.07) is 37.3. The molecule has 1 aliphatic carbocycles. The first kappa shape index (κ1) is 23.1. The molecule has 6 rings (SSSR count). The van der Waals surface area contributed by atoms with Gasteiger partial charge < -0.3 is 14.6 Å². The maximum atomic E-state index is 13.1. The second kappa shape index (κ2) is 10.4. The fourth-order valence-corrected chi connectivity index (χ4v) is 4.99. The van der Waals surface area contributed by atoms with Crippen LogP contribution in [0.15, 0.2) is 115 Å². The maximum Gasteiger partial charge on any atom is 0.221 e. The van der Waals surface area contributed by atoms with Crippen LogP contribution in [0.5, 0.6) is 11.5 Å². The molecule has 0 bridgehead atoms. The minimum atomic E-state index is -0.0972. The molecule has 4 nitrogen and oxygen atoms in total. The summed E-state index contributed by atoms with van der Waals surface area (Å²) in [6.07, 6.45) is 4.78.